The molecule has 0 amide bonds. The molecular weight excluding hydrogens is 528 g/mol. The molecule has 1 aliphatic rings. The Labute approximate surface area is 223 Å². The maximum atomic E-state index is 5.86. The first kappa shape index (κ1) is 32.3. The average molecular weight is 579 g/mol. The second-order valence-corrected chi connectivity index (χ2v) is 21.2. The summed E-state index contributed by atoms with van der Waals surface area (Å²) in [6.45, 7) is 2.48. The third-order valence-electron chi connectivity index (χ3n) is 6.29. The molecule has 208 valence electrons. The lowest BCUT2D eigenvalue weighted by atomic mass is 10.2. The maximum Gasteiger partial charge on any atom is 0.260 e. The zero-order valence-electron chi connectivity index (χ0n) is 24.5. The summed E-state index contributed by atoms with van der Waals surface area (Å²) in [7, 11) is 21.1. The quantitative estimate of drug-likeness (QED) is 0.376. The van der Waals surface area contributed by atoms with Crippen molar-refractivity contribution in [1.29, 1.82) is 0 Å². The highest BCUT2D eigenvalue weighted by Crippen LogP contribution is 2.75. The summed E-state index contributed by atoms with van der Waals surface area (Å²) in [4.78, 5) is 0. The normalized spacial score (nSPS) is 17.5. The number of hydrogen-bond acceptors (Lipinski definition) is 4. The number of benzene rings is 1. The molecule has 1 aromatic rings. The largest absolute Gasteiger partial charge is 0.260 e. The minimum atomic E-state index is -2.69. The highest BCUT2D eigenvalue weighted by atomic mass is 31.2. The minimum Gasteiger partial charge on any atom is -0.252 e. The van der Waals surface area contributed by atoms with Crippen LogP contribution in [0, 0.1) is 0 Å². The average Bonchev–Trinajstić information content (AvgIpc) is 2.77. The van der Waals surface area contributed by atoms with E-state index < -0.39 is 22.5 Å². The van der Waals surface area contributed by atoms with Crippen LogP contribution >= 0.6 is 31.8 Å². The van der Waals surface area contributed by atoms with Gasteiger partial charge in [0.2, 0.25) is 0 Å². The van der Waals surface area contributed by atoms with Crippen molar-refractivity contribution in [1.82, 2.24) is 32.7 Å². The van der Waals surface area contributed by atoms with Gasteiger partial charge in [-0.25, -0.2) is 9.42 Å². The van der Waals surface area contributed by atoms with Gasteiger partial charge in [0.05, 0.1) is 0 Å². The highest BCUT2D eigenvalue weighted by molar-refractivity contribution is 7.76. The molecular formula is C22H50N10P4. The Bertz CT molecular complexity index is 927. The fourth-order valence-electron chi connectivity index (χ4n) is 4.83. The summed E-state index contributed by atoms with van der Waals surface area (Å²) in [5, 5.41) is 1.19. The predicted octanol–water partition coefficient (Wildman–Crippen LogP) is 4.60. The molecule has 36 heavy (non-hydrogen) atoms. The predicted molar refractivity (Wildman–Crippen MR) is 166 cm³/mol. The maximum absolute atomic E-state index is 5.86. The smallest absolute Gasteiger partial charge is 0.252 e. The van der Waals surface area contributed by atoms with Crippen LogP contribution in [0.25, 0.3) is 0 Å². The Kier molecular flexibility index (Phi) is 11.6. The molecule has 0 fully saturated rings. The molecule has 0 saturated heterocycles. The fourth-order valence-corrected chi connectivity index (χ4v) is 18.9. The van der Waals surface area contributed by atoms with Crippen molar-refractivity contribution in [3.05, 3.63) is 29.8 Å². The minimum absolute atomic E-state index is 0.776. The van der Waals surface area contributed by atoms with Gasteiger partial charge in [0, 0.05) is 19.6 Å². The second-order valence-electron chi connectivity index (χ2n) is 10.2. The van der Waals surface area contributed by atoms with E-state index >= 15 is 0 Å². The summed E-state index contributed by atoms with van der Waals surface area (Å²) >= 11 is 0. The topological polar surface area (TPSA) is 59.8 Å². The molecule has 1 aromatic carbocycles. The number of rotatable bonds is 10. The molecule has 0 spiro atoms. The molecule has 0 bridgehead atoms. The molecule has 1 aliphatic heterocycles. The van der Waals surface area contributed by atoms with Crippen molar-refractivity contribution < 1.29 is 0 Å². The van der Waals surface area contributed by atoms with Crippen LogP contribution in [0.3, 0.4) is 0 Å². The summed E-state index contributed by atoms with van der Waals surface area (Å²) in [6, 6.07) is 8.74. The van der Waals surface area contributed by atoms with E-state index in [9.17, 15) is 0 Å². The van der Waals surface area contributed by atoms with E-state index in [2.05, 4.69) is 151 Å². The lowest BCUT2D eigenvalue weighted by Crippen LogP contribution is -2.33. The van der Waals surface area contributed by atoms with Gasteiger partial charge in [-0.15, -0.1) is 9.24 Å². The first-order valence-corrected chi connectivity index (χ1v) is 17.6. The molecule has 1 heterocycles. The molecule has 14 heteroatoms. The van der Waals surface area contributed by atoms with Crippen LogP contribution in [-0.2, 0) is 6.54 Å². The van der Waals surface area contributed by atoms with E-state index in [0.29, 0.717) is 0 Å². The Balaban J connectivity index is 3.06. The Hall–Kier alpha value is 0.0600. The van der Waals surface area contributed by atoms with Gasteiger partial charge in [0.25, 0.3) is 7.51 Å². The third-order valence-corrected chi connectivity index (χ3v) is 18.6. The van der Waals surface area contributed by atoms with Crippen molar-refractivity contribution >= 4 is 37.1 Å². The van der Waals surface area contributed by atoms with Crippen LogP contribution in [0.4, 0.5) is 0 Å². The van der Waals surface area contributed by atoms with Gasteiger partial charge in [0.1, 0.15) is 0 Å². The van der Waals surface area contributed by atoms with Gasteiger partial charge in [0.15, 0.2) is 15.0 Å². The molecule has 0 aromatic heterocycles. The first-order valence-electron chi connectivity index (χ1n) is 12.2. The molecule has 0 aliphatic carbocycles. The van der Waals surface area contributed by atoms with Gasteiger partial charge in [-0.1, -0.05) is 24.3 Å². The van der Waals surface area contributed by atoms with Crippen molar-refractivity contribution in [3.63, 3.8) is 0 Å². The molecule has 10 nitrogen and oxygen atoms in total. The van der Waals surface area contributed by atoms with E-state index in [1.807, 2.05) is 0 Å². The lowest BCUT2D eigenvalue weighted by molar-refractivity contribution is 0.418. The van der Waals surface area contributed by atoms with Crippen molar-refractivity contribution in [2.75, 3.05) is 97.7 Å². The van der Waals surface area contributed by atoms with Gasteiger partial charge in [-0.05, 0) is 102 Å². The van der Waals surface area contributed by atoms with E-state index in [4.69, 9.17) is 13.8 Å². The van der Waals surface area contributed by atoms with Crippen molar-refractivity contribution in [3.8, 4) is 0 Å². The molecule has 0 N–H and O–H groups in total. The van der Waals surface area contributed by atoms with Crippen LogP contribution < -0.4 is 5.30 Å². The Morgan fingerprint density at radius 2 is 1.14 bits per heavy atom. The third kappa shape index (κ3) is 6.43. The first-order chi connectivity index (χ1) is 16.7. The van der Waals surface area contributed by atoms with Gasteiger partial charge in [-0.2, -0.15) is 9.03 Å². The molecule has 0 saturated carbocycles. The Morgan fingerprint density at radius 1 is 0.750 bits per heavy atom. The van der Waals surface area contributed by atoms with Crippen LogP contribution in [0.1, 0.15) is 12.0 Å². The summed E-state index contributed by atoms with van der Waals surface area (Å²) in [6.07, 6.45) is 1.02. The molecule has 2 rings (SSSR count). The van der Waals surface area contributed by atoms with E-state index in [1.165, 1.54) is 10.9 Å². The number of hydrogen-bond donors (Lipinski definition) is 0. The standard InChI is InChI=1S/C22H50N10P4/c1-26(2)35(27(3)4,28(5)6)24-34(25-36(29(7)8,30(9)10)31(11)12)23-18-13-19-32(34)20-21-14-16-22(33)17-15-21/h14-17H,13,18-20,33H2,1-12H3. The van der Waals surface area contributed by atoms with Gasteiger partial charge >= 0.3 is 0 Å². The Morgan fingerprint density at radius 3 is 1.50 bits per heavy atom. The lowest BCUT2D eigenvalue weighted by Gasteiger charge is -2.47. The van der Waals surface area contributed by atoms with Crippen LogP contribution in [-0.4, -0.2) is 130 Å². The molecule has 1 unspecified atom stereocenters. The summed E-state index contributed by atoms with van der Waals surface area (Å²) in [5.74, 6) is 0. The monoisotopic (exact) mass is 578 g/mol. The second kappa shape index (κ2) is 12.9. The van der Waals surface area contributed by atoms with Crippen molar-refractivity contribution in [2.45, 2.75) is 13.0 Å². The van der Waals surface area contributed by atoms with Crippen LogP contribution in [0.2, 0.25) is 0 Å². The molecule has 0 radical (unpaired) electrons. The van der Waals surface area contributed by atoms with E-state index in [0.717, 1.165) is 26.1 Å². The summed E-state index contributed by atoms with van der Waals surface area (Å²) in [5.41, 5.74) is 1.26. The number of nitrogens with zero attached hydrogens (tertiary/aromatic N) is 10. The zero-order chi connectivity index (χ0) is 27.5. The van der Waals surface area contributed by atoms with Crippen LogP contribution in [0.15, 0.2) is 38.0 Å². The van der Waals surface area contributed by atoms with Gasteiger partial charge < -0.3 is 0 Å². The van der Waals surface area contributed by atoms with Gasteiger partial charge in [-0.3, -0.25) is 28.0 Å². The van der Waals surface area contributed by atoms with Crippen LogP contribution in [0.5, 0.6) is 0 Å². The van der Waals surface area contributed by atoms with E-state index in [1.54, 1.807) is 0 Å². The fraction of sp³-hybridized carbons (Fsp3) is 0.727. The highest BCUT2D eigenvalue weighted by Gasteiger charge is 2.41. The van der Waals surface area contributed by atoms with E-state index in [-0.39, 0.29) is 0 Å². The van der Waals surface area contributed by atoms with Crippen molar-refractivity contribution in [2.24, 2.45) is 13.8 Å². The SMILES string of the molecule is CN(C)P(=NP1(N=P(N(C)C)(N(C)C)N(C)C)=NCCCN1Cc1ccc(P)cc1)(N(C)C)N(C)C. The molecule has 1 atom stereocenters. The zero-order valence-corrected chi connectivity index (χ0v) is 28.4. The summed E-state index contributed by atoms with van der Waals surface area (Å²) < 4.78 is 33.3.